The van der Waals surface area contributed by atoms with Crippen LogP contribution in [0.15, 0.2) is 24.3 Å². The normalized spacial score (nSPS) is 29.2. The number of hydrogen-bond donors (Lipinski definition) is 4. The molecule has 59 heavy (non-hydrogen) atoms. The van der Waals surface area contributed by atoms with Gasteiger partial charge in [0.25, 0.3) is 0 Å². The molecule has 3 aromatic carbocycles. The van der Waals surface area contributed by atoms with E-state index in [1.807, 2.05) is 45.2 Å². The van der Waals surface area contributed by atoms with Gasteiger partial charge in [-0.25, -0.2) is 4.79 Å². The fraction of sp³-hybridized carbons (Fsp3) is 0.465. The number of phenolic OH excluding ortho intramolecular Hbond substituents is 1. The number of aliphatic hydroxyl groups is 1. The molecule has 8 atom stereocenters. The maximum atomic E-state index is 15.1. The van der Waals surface area contributed by atoms with Crippen LogP contribution in [0.2, 0.25) is 0 Å². The lowest BCUT2D eigenvalue weighted by atomic mass is 9.71. The van der Waals surface area contributed by atoms with Crippen molar-refractivity contribution in [3.8, 4) is 40.6 Å². The zero-order chi connectivity index (χ0) is 41.2. The topological polar surface area (TPSA) is 188 Å². The second-order valence-electron chi connectivity index (χ2n) is 16.4. The summed E-state index contributed by atoms with van der Waals surface area (Å²) in [5.41, 5.74) is 5.14. The number of fused-ring (bicyclic) bond motifs is 11. The van der Waals surface area contributed by atoms with Crippen LogP contribution in [0.3, 0.4) is 0 Å². The van der Waals surface area contributed by atoms with Crippen LogP contribution in [0.25, 0.3) is 10.9 Å². The number of methoxy groups -OCH3 is 2. The zero-order valence-corrected chi connectivity index (χ0v) is 34.3. The summed E-state index contributed by atoms with van der Waals surface area (Å²) in [6.07, 6.45) is 0.922. The lowest BCUT2D eigenvalue weighted by Gasteiger charge is -2.62. The van der Waals surface area contributed by atoms with Crippen LogP contribution in [0.4, 0.5) is 0 Å². The Morgan fingerprint density at radius 2 is 1.88 bits per heavy atom. The standard InChI is InChI=1S/C43H45N5O10S/c1-18-9-21-10-27-28(13-44)48-29-15-55-42(52)43(41-25(11-22(14-49)46-43)24-12-23(53-5)7-8-26(24)45-41)16-59-40(34(48)33(47(27)4)30(21)35(51)36(18)54-6)32-31(29)39-38(56-17-57-39)19(2)37(32)58-20(3)50/h7-9,12,22,27-29,33-34,40,45-46,49,51H,10-11,14-17H2,1-6H3/t22-,27+,28-,29-,33?,34?,40+,43+/m0/s1. The van der Waals surface area contributed by atoms with Crippen molar-refractivity contribution in [3.63, 3.8) is 0 Å². The Balaban J connectivity index is 1.25. The molecule has 11 rings (SSSR count). The number of carbonyl (C=O) groups excluding carboxylic acids is 2. The smallest absolute Gasteiger partial charge is 0.333 e. The van der Waals surface area contributed by atoms with Gasteiger partial charge in [0.05, 0.1) is 49.9 Å². The highest BCUT2D eigenvalue weighted by atomic mass is 32.2. The number of ether oxygens (including phenoxy) is 6. The van der Waals surface area contributed by atoms with E-state index in [0.29, 0.717) is 69.5 Å². The summed E-state index contributed by atoms with van der Waals surface area (Å²) >= 11 is 1.47. The van der Waals surface area contributed by atoms with Gasteiger partial charge < -0.3 is 43.6 Å². The van der Waals surface area contributed by atoms with E-state index >= 15 is 4.79 Å². The highest BCUT2D eigenvalue weighted by Gasteiger charge is 2.62. The molecule has 1 aromatic heterocycles. The van der Waals surface area contributed by atoms with E-state index < -0.39 is 52.9 Å². The predicted molar refractivity (Wildman–Crippen MR) is 214 cm³/mol. The third kappa shape index (κ3) is 5.21. The van der Waals surface area contributed by atoms with Gasteiger partial charge in [-0.1, -0.05) is 6.07 Å². The highest BCUT2D eigenvalue weighted by Crippen LogP contribution is 2.64. The highest BCUT2D eigenvalue weighted by molar-refractivity contribution is 7.99. The lowest BCUT2D eigenvalue weighted by Crippen LogP contribution is -2.69. The minimum absolute atomic E-state index is 0.0363. The molecule has 4 aromatic rings. The van der Waals surface area contributed by atoms with E-state index in [2.05, 4.69) is 26.2 Å². The predicted octanol–water partition coefficient (Wildman–Crippen LogP) is 4.12. The fourth-order valence-corrected chi connectivity index (χ4v) is 12.7. The SMILES string of the molecule is COc1ccc2[nH]c3c(c2c1)C[C@@H](CO)N[C@]31CS[C@@H]2c3c(OC(C)=O)c(C)c4c(c3[C@H](COC1=O)N1C2C2c3c(cc(C)c(OC)c3O)C[C@H]([C@@H]1C#N)N2C)OCO4. The number of piperazine rings is 1. The van der Waals surface area contributed by atoms with Crippen molar-refractivity contribution >= 4 is 34.6 Å². The van der Waals surface area contributed by atoms with Crippen LogP contribution in [-0.2, 0) is 32.7 Å². The number of carbonyl (C=O) groups is 2. The molecule has 4 bridgehead atoms. The van der Waals surface area contributed by atoms with Crippen LogP contribution in [0.5, 0.6) is 34.5 Å². The monoisotopic (exact) mass is 823 g/mol. The van der Waals surface area contributed by atoms with Crippen LogP contribution in [0, 0.1) is 25.2 Å². The van der Waals surface area contributed by atoms with E-state index in [0.717, 1.165) is 27.6 Å². The number of esters is 2. The first-order chi connectivity index (χ1) is 28.5. The largest absolute Gasteiger partial charge is 0.504 e. The number of nitriles is 1. The summed E-state index contributed by atoms with van der Waals surface area (Å²) < 4.78 is 36.4. The maximum Gasteiger partial charge on any atom is 0.333 e. The van der Waals surface area contributed by atoms with Gasteiger partial charge >= 0.3 is 11.9 Å². The molecular weight excluding hydrogens is 779 g/mol. The summed E-state index contributed by atoms with van der Waals surface area (Å²) in [7, 11) is 5.13. The molecular formula is C43H45N5O10S. The second kappa shape index (κ2) is 13.7. The third-order valence-electron chi connectivity index (χ3n) is 13.4. The Kier molecular flexibility index (Phi) is 8.82. The number of aromatic nitrogens is 1. The molecule has 0 radical (unpaired) electrons. The number of nitrogens with zero attached hydrogens (tertiary/aromatic N) is 3. The van der Waals surface area contributed by atoms with E-state index in [1.54, 1.807) is 7.11 Å². The van der Waals surface area contributed by atoms with Crippen molar-refractivity contribution in [2.75, 3.05) is 47.0 Å². The molecule has 308 valence electrons. The first-order valence-corrected chi connectivity index (χ1v) is 20.8. The average Bonchev–Trinajstić information content (AvgIpc) is 3.86. The number of aromatic amines is 1. The summed E-state index contributed by atoms with van der Waals surface area (Å²) in [5.74, 6) is 1.30. The number of aromatic hydroxyl groups is 1. The van der Waals surface area contributed by atoms with Crippen molar-refractivity contribution in [2.45, 2.75) is 80.7 Å². The summed E-state index contributed by atoms with van der Waals surface area (Å²) in [5, 5.41) is 37.9. The van der Waals surface area contributed by atoms with E-state index in [1.165, 1.54) is 25.8 Å². The molecule has 0 saturated carbocycles. The van der Waals surface area contributed by atoms with Crippen molar-refractivity contribution in [1.82, 2.24) is 20.1 Å². The van der Waals surface area contributed by atoms with Gasteiger partial charge in [-0.3, -0.25) is 19.9 Å². The van der Waals surface area contributed by atoms with Crippen molar-refractivity contribution in [2.24, 2.45) is 0 Å². The van der Waals surface area contributed by atoms with E-state index in [9.17, 15) is 20.3 Å². The number of nitrogens with one attached hydrogen (secondary N) is 2. The minimum Gasteiger partial charge on any atom is -0.504 e. The van der Waals surface area contributed by atoms with Gasteiger partial charge in [0.15, 0.2) is 28.5 Å². The van der Waals surface area contributed by atoms with Gasteiger partial charge in [0.1, 0.15) is 24.1 Å². The second-order valence-corrected chi connectivity index (χ2v) is 17.5. The number of phenols is 1. The Hall–Kier alpha value is -5.18. The molecule has 2 unspecified atom stereocenters. The zero-order valence-electron chi connectivity index (χ0n) is 33.5. The van der Waals surface area contributed by atoms with Crippen molar-refractivity contribution < 1.29 is 48.2 Å². The summed E-state index contributed by atoms with van der Waals surface area (Å²) in [6.45, 7) is 4.57. The molecule has 0 aliphatic carbocycles. The number of hydrogen-bond acceptors (Lipinski definition) is 15. The van der Waals surface area contributed by atoms with Crippen molar-refractivity contribution in [3.05, 3.63) is 68.9 Å². The number of benzene rings is 3. The molecule has 8 heterocycles. The first kappa shape index (κ1) is 38.0. The minimum atomic E-state index is -1.47. The number of H-pyrrole nitrogens is 1. The molecule has 7 aliphatic heterocycles. The Labute approximate surface area is 344 Å². The molecule has 2 saturated heterocycles. The van der Waals surface area contributed by atoms with Crippen molar-refractivity contribution in [1.29, 1.82) is 5.26 Å². The number of thioether (sulfide) groups is 1. The first-order valence-electron chi connectivity index (χ1n) is 19.7. The number of aryl methyl sites for hydroxylation is 1. The number of rotatable bonds is 4. The number of aliphatic hydroxyl groups excluding tert-OH is 1. The van der Waals surface area contributed by atoms with Gasteiger partial charge in [0.2, 0.25) is 6.79 Å². The molecule has 15 nitrogen and oxygen atoms in total. The molecule has 4 N–H and O–H groups in total. The summed E-state index contributed by atoms with van der Waals surface area (Å²) in [6, 6.07) is 7.05. The van der Waals surface area contributed by atoms with E-state index in [-0.39, 0.29) is 37.6 Å². The average molecular weight is 824 g/mol. The van der Waals surface area contributed by atoms with E-state index in [4.69, 9.17) is 28.4 Å². The lowest BCUT2D eigenvalue weighted by molar-refractivity contribution is -0.158. The van der Waals surface area contributed by atoms with Gasteiger partial charge in [-0.2, -0.15) is 5.26 Å². The fourth-order valence-electron chi connectivity index (χ4n) is 11.0. The Morgan fingerprint density at radius 1 is 1.08 bits per heavy atom. The molecule has 7 aliphatic rings. The molecule has 1 spiro atoms. The van der Waals surface area contributed by atoms with Crippen LogP contribution in [-0.4, -0.2) is 108 Å². The molecule has 2 fully saturated rings. The molecule has 0 amide bonds. The van der Waals surface area contributed by atoms with Gasteiger partial charge in [0, 0.05) is 64.0 Å². The summed E-state index contributed by atoms with van der Waals surface area (Å²) in [4.78, 5) is 36.0. The maximum absolute atomic E-state index is 15.1. The number of likely N-dealkylation sites (N-methyl/N-ethyl adjacent to an activating group) is 1. The van der Waals surface area contributed by atoms with Crippen LogP contribution < -0.4 is 29.0 Å². The Bertz CT molecular complexity index is 2520. The Morgan fingerprint density at radius 3 is 2.61 bits per heavy atom. The van der Waals surface area contributed by atoms with Crippen LogP contribution >= 0.6 is 11.8 Å². The van der Waals surface area contributed by atoms with Gasteiger partial charge in [-0.05, 0) is 68.6 Å². The third-order valence-corrected chi connectivity index (χ3v) is 14.9. The van der Waals surface area contributed by atoms with Gasteiger partial charge in [-0.15, -0.1) is 11.8 Å². The molecule has 16 heteroatoms. The van der Waals surface area contributed by atoms with Crippen LogP contribution in [0.1, 0.15) is 68.9 Å². The quantitative estimate of drug-likeness (QED) is 0.170.